The Balaban J connectivity index is 2.09. The summed E-state index contributed by atoms with van der Waals surface area (Å²) in [6, 6.07) is 16.6. The Labute approximate surface area is 122 Å². The zero-order valence-electron chi connectivity index (χ0n) is 11.4. The van der Waals surface area contributed by atoms with Gasteiger partial charge in [-0.25, -0.2) is 4.98 Å². The summed E-state index contributed by atoms with van der Waals surface area (Å²) in [6.45, 7) is 0. The lowest BCUT2D eigenvalue weighted by atomic mass is 10.1. The minimum atomic E-state index is 0.271. The van der Waals surface area contributed by atoms with Gasteiger partial charge < -0.3 is 9.47 Å². The molecular weight excluding hydrogens is 266 g/mol. The van der Waals surface area contributed by atoms with Crippen LogP contribution in [0.25, 0.3) is 10.9 Å². The molecule has 0 radical (unpaired) electrons. The molecular formula is C17H13NO3. The number of aromatic nitrogens is 1. The number of carbonyl (C=O) groups is 1. The highest BCUT2D eigenvalue weighted by Crippen LogP contribution is 2.32. The molecule has 1 heterocycles. The van der Waals surface area contributed by atoms with Crippen molar-refractivity contribution in [3.05, 3.63) is 60.2 Å². The minimum Gasteiger partial charge on any atom is -0.493 e. The Morgan fingerprint density at radius 2 is 1.71 bits per heavy atom. The van der Waals surface area contributed by atoms with E-state index in [1.54, 1.807) is 25.3 Å². The lowest BCUT2D eigenvalue weighted by Crippen LogP contribution is -1.96. The van der Waals surface area contributed by atoms with Crippen LogP contribution >= 0.6 is 0 Å². The Morgan fingerprint density at radius 1 is 1.00 bits per heavy atom. The number of methoxy groups -OCH3 is 1. The number of hydrogen-bond acceptors (Lipinski definition) is 4. The van der Waals surface area contributed by atoms with Crippen molar-refractivity contribution in [2.45, 2.75) is 0 Å². The average Bonchev–Trinajstić information content (AvgIpc) is 2.54. The van der Waals surface area contributed by atoms with Crippen molar-refractivity contribution in [2.24, 2.45) is 0 Å². The number of fused-ring (bicyclic) bond motifs is 1. The van der Waals surface area contributed by atoms with E-state index in [0.717, 1.165) is 17.2 Å². The highest BCUT2D eigenvalue weighted by Gasteiger charge is 2.11. The number of carbonyl (C=O) groups excluding carboxylic acids is 1. The van der Waals surface area contributed by atoms with E-state index in [0.29, 0.717) is 17.1 Å². The molecule has 0 aliphatic rings. The Hall–Kier alpha value is -2.88. The molecule has 0 atom stereocenters. The second-order valence-corrected chi connectivity index (χ2v) is 4.45. The van der Waals surface area contributed by atoms with Crippen LogP contribution in [0.4, 0.5) is 0 Å². The zero-order chi connectivity index (χ0) is 14.7. The SMILES string of the molecule is COc1ccccc1Oc1nc2ccccc2cc1C=O. The highest BCUT2D eigenvalue weighted by atomic mass is 16.5. The average molecular weight is 279 g/mol. The standard InChI is InChI=1S/C17H13NO3/c1-20-15-8-4-5-9-16(15)21-17-13(11-19)10-12-6-2-3-7-14(12)18-17/h2-11H,1H3. The smallest absolute Gasteiger partial charge is 0.230 e. The Bertz CT molecular complexity index is 799. The number of rotatable bonds is 4. The van der Waals surface area contributed by atoms with E-state index < -0.39 is 0 Å². The number of benzene rings is 2. The summed E-state index contributed by atoms with van der Waals surface area (Å²) in [5, 5.41) is 0.895. The molecule has 2 aromatic carbocycles. The number of hydrogen-bond donors (Lipinski definition) is 0. The fraction of sp³-hybridized carbons (Fsp3) is 0.0588. The maximum atomic E-state index is 11.3. The number of aldehydes is 1. The molecule has 0 bridgehead atoms. The predicted molar refractivity (Wildman–Crippen MR) is 80.2 cm³/mol. The largest absolute Gasteiger partial charge is 0.493 e. The van der Waals surface area contributed by atoms with Gasteiger partial charge >= 0.3 is 0 Å². The molecule has 4 heteroatoms. The third-order valence-corrected chi connectivity index (χ3v) is 3.12. The maximum absolute atomic E-state index is 11.3. The number of para-hydroxylation sites is 3. The number of ether oxygens (including phenoxy) is 2. The molecule has 3 rings (SSSR count). The van der Waals surface area contributed by atoms with E-state index in [9.17, 15) is 4.79 Å². The van der Waals surface area contributed by atoms with Crippen molar-refractivity contribution >= 4 is 17.2 Å². The van der Waals surface area contributed by atoms with Crippen molar-refractivity contribution < 1.29 is 14.3 Å². The molecule has 0 spiro atoms. The van der Waals surface area contributed by atoms with E-state index >= 15 is 0 Å². The first-order valence-corrected chi connectivity index (χ1v) is 6.47. The Kier molecular flexibility index (Phi) is 3.51. The molecule has 0 saturated carbocycles. The molecule has 0 aliphatic heterocycles. The van der Waals surface area contributed by atoms with E-state index in [1.165, 1.54) is 0 Å². The van der Waals surface area contributed by atoms with E-state index in [-0.39, 0.29) is 5.88 Å². The van der Waals surface area contributed by atoms with Crippen LogP contribution in [0.1, 0.15) is 10.4 Å². The summed E-state index contributed by atoms with van der Waals surface area (Å²) in [6.07, 6.45) is 0.740. The van der Waals surface area contributed by atoms with Gasteiger partial charge in [-0.05, 0) is 24.3 Å². The molecule has 1 aromatic heterocycles. The first kappa shape index (κ1) is 13.1. The van der Waals surface area contributed by atoms with Crippen LogP contribution in [-0.4, -0.2) is 18.4 Å². The topological polar surface area (TPSA) is 48.4 Å². The molecule has 0 unspecified atom stereocenters. The van der Waals surface area contributed by atoms with Crippen molar-refractivity contribution in [1.82, 2.24) is 4.98 Å². The normalized spacial score (nSPS) is 10.3. The fourth-order valence-corrected chi connectivity index (χ4v) is 2.09. The summed E-state index contributed by atoms with van der Waals surface area (Å²) in [4.78, 5) is 15.7. The molecule has 21 heavy (non-hydrogen) atoms. The van der Waals surface area contributed by atoms with E-state index in [4.69, 9.17) is 9.47 Å². The first-order chi connectivity index (χ1) is 10.3. The summed E-state index contributed by atoms with van der Waals surface area (Å²) in [5.74, 6) is 1.38. The van der Waals surface area contributed by atoms with E-state index in [1.807, 2.05) is 36.4 Å². The lowest BCUT2D eigenvalue weighted by molar-refractivity contribution is 0.112. The van der Waals surface area contributed by atoms with Crippen LogP contribution in [0.5, 0.6) is 17.4 Å². The quantitative estimate of drug-likeness (QED) is 0.681. The van der Waals surface area contributed by atoms with Gasteiger partial charge in [0.15, 0.2) is 17.8 Å². The van der Waals surface area contributed by atoms with Crippen LogP contribution in [0.3, 0.4) is 0 Å². The van der Waals surface area contributed by atoms with Gasteiger partial charge in [0, 0.05) is 5.39 Å². The Morgan fingerprint density at radius 3 is 2.48 bits per heavy atom. The van der Waals surface area contributed by atoms with Crippen LogP contribution in [0, 0.1) is 0 Å². The minimum absolute atomic E-state index is 0.271. The molecule has 0 aliphatic carbocycles. The summed E-state index contributed by atoms with van der Waals surface area (Å²) >= 11 is 0. The van der Waals surface area contributed by atoms with Gasteiger partial charge in [-0.1, -0.05) is 30.3 Å². The van der Waals surface area contributed by atoms with Gasteiger partial charge in [0.2, 0.25) is 5.88 Å². The third kappa shape index (κ3) is 2.56. The second-order valence-electron chi connectivity index (χ2n) is 4.45. The van der Waals surface area contributed by atoms with Gasteiger partial charge in [0.05, 0.1) is 18.2 Å². The number of nitrogens with zero attached hydrogens (tertiary/aromatic N) is 1. The van der Waals surface area contributed by atoms with E-state index in [2.05, 4.69) is 4.98 Å². The fourth-order valence-electron chi connectivity index (χ4n) is 2.09. The monoisotopic (exact) mass is 279 g/mol. The molecule has 0 saturated heterocycles. The second kappa shape index (κ2) is 5.63. The van der Waals surface area contributed by atoms with Crippen molar-refractivity contribution in [3.63, 3.8) is 0 Å². The van der Waals surface area contributed by atoms with Crippen molar-refractivity contribution in [1.29, 1.82) is 0 Å². The van der Waals surface area contributed by atoms with Crippen LogP contribution in [0.15, 0.2) is 54.6 Å². The van der Waals surface area contributed by atoms with Gasteiger partial charge in [-0.15, -0.1) is 0 Å². The zero-order valence-corrected chi connectivity index (χ0v) is 11.4. The van der Waals surface area contributed by atoms with Crippen LogP contribution in [0.2, 0.25) is 0 Å². The number of pyridine rings is 1. The van der Waals surface area contributed by atoms with Gasteiger partial charge in [-0.3, -0.25) is 4.79 Å². The van der Waals surface area contributed by atoms with Crippen molar-refractivity contribution in [2.75, 3.05) is 7.11 Å². The molecule has 4 nitrogen and oxygen atoms in total. The predicted octanol–water partition coefficient (Wildman–Crippen LogP) is 3.85. The maximum Gasteiger partial charge on any atom is 0.230 e. The summed E-state index contributed by atoms with van der Waals surface area (Å²) in [7, 11) is 1.57. The molecule has 0 fully saturated rings. The lowest BCUT2D eigenvalue weighted by Gasteiger charge is -2.11. The summed E-state index contributed by atoms with van der Waals surface area (Å²) < 4.78 is 11.0. The van der Waals surface area contributed by atoms with Crippen LogP contribution in [-0.2, 0) is 0 Å². The van der Waals surface area contributed by atoms with Gasteiger partial charge in [0.1, 0.15) is 0 Å². The molecule has 0 amide bonds. The van der Waals surface area contributed by atoms with Gasteiger partial charge in [0.25, 0.3) is 0 Å². The van der Waals surface area contributed by atoms with Crippen molar-refractivity contribution in [3.8, 4) is 17.4 Å². The summed E-state index contributed by atoms with van der Waals surface area (Å²) in [5.41, 5.74) is 1.17. The third-order valence-electron chi connectivity index (χ3n) is 3.12. The highest BCUT2D eigenvalue weighted by molar-refractivity contribution is 5.88. The molecule has 104 valence electrons. The van der Waals surface area contributed by atoms with Crippen LogP contribution < -0.4 is 9.47 Å². The first-order valence-electron chi connectivity index (χ1n) is 6.47. The molecule has 3 aromatic rings. The molecule has 0 N–H and O–H groups in total. The van der Waals surface area contributed by atoms with Gasteiger partial charge in [-0.2, -0.15) is 0 Å².